The van der Waals surface area contributed by atoms with Crippen LogP contribution in [0.2, 0.25) is 0 Å². The molecule has 0 saturated carbocycles. The fourth-order valence-corrected chi connectivity index (χ4v) is 1.88. The minimum atomic E-state index is -0.341. The highest BCUT2D eigenvalue weighted by atomic mass is 16.5. The first-order valence-corrected chi connectivity index (χ1v) is 6.67. The van der Waals surface area contributed by atoms with Crippen LogP contribution in [-0.2, 0) is 14.3 Å². The summed E-state index contributed by atoms with van der Waals surface area (Å²) >= 11 is 0. The molecule has 0 aliphatic heterocycles. The minimum absolute atomic E-state index is 0.0534. The molecule has 0 saturated heterocycles. The van der Waals surface area contributed by atoms with E-state index >= 15 is 0 Å². The molecule has 0 N–H and O–H groups in total. The van der Waals surface area contributed by atoms with Gasteiger partial charge >= 0.3 is 5.97 Å². The molecule has 0 amide bonds. The van der Waals surface area contributed by atoms with Crippen molar-refractivity contribution in [2.75, 3.05) is 6.61 Å². The van der Waals surface area contributed by atoms with Gasteiger partial charge in [-0.1, -0.05) is 38.7 Å². The number of hydrogen-bond donors (Lipinski definition) is 0. The molecule has 0 aromatic carbocycles. The quantitative estimate of drug-likeness (QED) is 0.363. The maximum atomic E-state index is 12.4. The maximum absolute atomic E-state index is 12.4. The molecule has 0 radical (unpaired) electrons. The lowest BCUT2D eigenvalue weighted by Crippen LogP contribution is -2.21. The van der Waals surface area contributed by atoms with E-state index in [0.29, 0.717) is 18.6 Å². The largest absolute Gasteiger partial charge is 0.466 e. The lowest BCUT2D eigenvalue weighted by Gasteiger charge is -2.15. The predicted octanol–water partition coefficient (Wildman–Crippen LogP) is 3.61. The molecule has 0 fully saturated rings. The highest BCUT2D eigenvalue weighted by Crippen LogP contribution is 2.21. The van der Waals surface area contributed by atoms with Crippen molar-refractivity contribution in [1.29, 1.82) is 0 Å². The summed E-state index contributed by atoms with van der Waals surface area (Å²) in [7, 11) is 0. The third-order valence-corrected chi connectivity index (χ3v) is 2.93. The van der Waals surface area contributed by atoms with E-state index in [4.69, 9.17) is 4.74 Å². The summed E-state index contributed by atoms with van der Waals surface area (Å²) in [4.78, 5) is 24.0. The van der Waals surface area contributed by atoms with Crippen LogP contribution >= 0.6 is 0 Å². The van der Waals surface area contributed by atoms with Crippen molar-refractivity contribution in [3.8, 4) is 0 Å². The van der Waals surface area contributed by atoms with Gasteiger partial charge in [0.2, 0.25) is 0 Å². The van der Waals surface area contributed by atoms with Crippen LogP contribution < -0.4 is 0 Å². The Morgan fingerprint density at radius 3 is 2.26 bits per heavy atom. The Morgan fingerprint density at radius 2 is 1.84 bits per heavy atom. The third-order valence-electron chi connectivity index (χ3n) is 2.93. The van der Waals surface area contributed by atoms with E-state index in [2.05, 4.69) is 13.2 Å². The molecule has 3 nitrogen and oxygen atoms in total. The molecule has 0 bridgehead atoms. The molecule has 0 rings (SSSR count). The van der Waals surface area contributed by atoms with Crippen molar-refractivity contribution >= 4 is 11.8 Å². The molecule has 0 spiro atoms. The summed E-state index contributed by atoms with van der Waals surface area (Å²) in [5.41, 5.74) is 1.32. The van der Waals surface area contributed by atoms with Crippen molar-refractivity contribution in [2.45, 2.75) is 40.0 Å². The van der Waals surface area contributed by atoms with Crippen molar-refractivity contribution in [3.63, 3.8) is 0 Å². The SMILES string of the molecule is C=C/C(C)=C(\C=C)C(=O)C(CCC)CC(=O)OCC. The highest BCUT2D eigenvalue weighted by molar-refractivity contribution is 6.01. The van der Waals surface area contributed by atoms with Crippen LogP contribution in [-0.4, -0.2) is 18.4 Å². The van der Waals surface area contributed by atoms with Gasteiger partial charge in [-0.2, -0.15) is 0 Å². The monoisotopic (exact) mass is 264 g/mol. The zero-order chi connectivity index (χ0) is 14.8. The van der Waals surface area contributed by atoms with E-state index in [1.165, 1.54) is 6.08 Å². The summed E-state index contributed by atoms with van der Waals surface area (Å²) in [6, 6.07) is 0. The number of allylic oxidation sites excluding steroid dienone is 4. The molecular weight excluding hydrogens is 240 g/mol. The Bertz CT molecular complexity index is 377. The average molecular weight is 264 g/mol. The first kappa shape index (κ1) is 17.4. The zero-order valence-corrected chi connectivity index (χ0v) is 12.2. The standard InChI is InChI=1S/C16H24O3/c1-6-10-13(11-15(17)19-9-4)16(18)14(8-3)12(5)7-2/h7-8,13H,2-3,6,9-11H2,1,4-5H3/b14-12+. The average Bonchev–Trinajstić information content (AvgIpc) is 2.38. The number of ketones is 1. The van der Waals surface area contributed by atoms with Gasteiger partial charge in [0.25, 0.3) is 0 Å². The van der Waals surface area contributed by atoms with Crippen molar-refractivity contribution in [3.05, 3.63) is 36.5 Å². The number of Topliss-reactive ketones (excluding diaryl/α,β-unsaturated/α-hetero) is 1. The Balaban J connectivity index is 5.06. The number of esters is 1. The van der Waals surface area contributed by atoms with E-state index in [1.54, 1.807) is 13.0 Å². The first-order valence-electron chi connectivity index (χ1n) is 6.67. The second-order valence-electron chi connectivity index (χ2n) is 4.36. The van der Waals surface area contributed by atoms with Crippen LogP contribution in [0.4, 0.5) is 0 Å². The molecule has 0 aromatic heterocycles. The van der Waals surface area contributed by atoms with E-state index in [0.717, 1.165) is 12.0 Å². The van der Waals surface area contributed by atoms with E-state index in [9.17, 15) is 9.59 Å². The van der Waals surface area contributed by atoms with E-state index in [1.807, 2.05) is 13.8 Å². The molecule has 1 atom stereocenters. The third kappa shape index (κ3) is 5.69. The summed E-state index contributed by atoms with van der Waals surface area (Å²) < 4.78 is 4.92. The molecule has 1 unspecified atom stereocenters. The van der Waals surface area contributed by atoms with Gasteiger partial charge in [-0.05, 0) is 25.8 Å². The van der Waals surface area contributed by atoms with E-state index in [-0.39, 0.29) is 24.1 Å². The lowest BCUT2D eigenvalue weighted by molar-refractivity contribution is -0.145. The van der Waals surface area contributed by atoms with Crippen LogP contribution in [0.25, 0.3) is 0 Å². The van der Waals surface area contributed by atoms with Gasteiger partial charge in [0, 0.05) is 11.5 Å². The van der Waals surface area contributed by atoms with Crippen LogP contribution in [0, 0.1) is 5.92 Å². The smallest absolute Gasteiger partial charge is 0.306 e. The highest BCUT2D eigenvalue weighted by Gasteiger charge is 2.24. The van der Waals surface area contributed by atoms with Crippen molar-refractivity contribution < 1.29 is 14.3 Å². The normalized spacial score (nSPS) is 13.2. The molecule has 106 valence electrons. The number of carbonyl (C=O) groups is 2. The zero-order valence-electron chi connectivity index (χ0n) is 12.2. The Hall–Kier alpha value is -1.64. The predicted molar refractivity (Wildman–Crippen MR) is 77.7 cm³/mol. The van der Waals surface area contributed by atoms with Gasteiger partial charge in [-0.25, -0.2) is 0 Å². The Kier molecular flexibility index (Phi) is 8.51. The fourth-order valence-electron chi connectivity index (χ4n) is 1.88. The molecule has 0 aliphatic carbocycles. The Morgan fingerprint density at radius 1 is 1.21 bits per heavy atom. The van der Waals surface area contributed by atoms with E-state index < -0.39 is 0 Å². The van der Waals surface area contributed by atoms with Crippen molar-refractivity contribution in [1.82, 2.24) is 0 Å². The summed E-state index contributed by atoms with van der Waals surface area (Å²) in [5.74, 6) is -0.719. The van der Waals surface area contributed by atoms with Gasteiger partial charge < -0.3 is 4.74 Å². The fraction of sp³-hybridized carbons (Fsp3) is 0.500. The van der Waals surface area contributed by atoms with Gasteiger partial charge in [0.15, 0.2) is 5.78 Å². The number of hydrogen-bond acceptors (Lipinski definition) is 3. The molecule has 0 aliphatic rings. The van der Waals surface area contributed by atoms with Crippen LogP contribution in [0.5, 0.6) is 0 Å². The van der Waals surface area contributed by atoms with Gasteiger partial charge in [0.05, 0.1) is 13.0 Å². The number of ether oxygens (including phenoxy) is 1. The van der Waals surface area contributed by atoms with Crippen LogP contribution in [0.3, 0.4) is 0 Å². The van der Waals surface area contributed by atoms with Crippen LogP contribution in [0.15, 0.2) is 36.5 Å². The number of carbonyl (C=O) groups excluding carboxylic acids is 2. The molecule has 19 heavy (non-hydrogen) atoms. The topological polar surface area (TPSA) is 43.4 Å². The number of rotatable bonds is 9. The van der Waals surface area contributed by atoms with Crippen molar-refractivity contribution in [2.24, 2.45) is 5.92 Å². The van der Waals surface area contributed by atoms with Gasteiger partial charge in [-0.3, -0.25) is 9.59 Å². The van der Waals surface area contributed by atoms with Crippen LogP contribution in [0.1, 0.15) is 40.0 Å². The molecule has 0 heterocycles. The summed E-state index contributed by atoms with van der Waals surface area (Å²) in [6.45, 7) is 13.2. The first-order chi connectivity index (χ1) is 9.01. The molecule has 3 heteroatoms. The minimum Gasteiger partial charge on any atom is -0.466 e. The molecular formula is C16H24O3. The summed E-state index contributed by atoms with van der Waals surface area (Å²) in [6.07, 6.45) is 4.80. The maximum Gasteiger partial charge on any atom is 0.306 e. The second kappa shape index (κ2) is 9.31. The second-order valence-corrected chi connectivity index (χ2v) is 4.36. The lowest BCUT2D eigenvalue weighted by atomic mass is 9.88. The van der Waals surface area contributed by atoms with Gasteiger partial charge in [-0.15, -0.1) is 0 Å². The summed E-state index contributed by atoms with van der Waals surface area (Å²) in [5, 5.41) is 0. The van der Waals surface area contributed by atoms with Gasteiger partial charge in [0.1, 0.15) is 0 Å². The Labute approximate surface area is 116 Å². The molecule has 0 aromatic rings.